The van der Waals surface area contributed by atoms with Crippen LogP contribution in [0.2, 0.25) is 0 Å². The number of nitrogens with zero attached hydrogens (tertiary/aromatic N) is 3. The molecular formula is C24H23FN4O2S. The van der Waals surface area contributed by atoms with Crippen molar-refractivity contribution >= 4 is 28.8 Å². The van der Waals surface area contributed by atoms with E-state index in [0.717, 1.165) is 27.4 Å². The maximum atomic E-state index is 13.3. The fraction of sp³-hybridized carbons (Fsp3) is 0.208. The van der Waals surface area contributed by atoms with Gasteiger partial charge in [0.2, 0.25) is 0 Å². The first-order chi connectivity index (χ1) is 15.6. The molecule has 2 aromatic heterocycles. The Labute approximate surface area is 189 Å². The second kappa shape index (κ2) is 10.4. The standard InChI is InChI=1S/C24H23FN4O2S/c1-31-14-13-27-23(30)19-8-4-18(5-9-19)16-32-24-28-21-3-2-12-26-22(21)29(24)15-17-6-10-20(25)11-7-17/h2-12H,13-16H2,1H3,(H,27,30). The van der Waals surface area contributed by atoms with Crippen molar-refractivity contribution in [3.8, 4) is 0 Å². The molecule has 0 aliphatic heterocycles. The molecule has 32 heavy (non-hydrogen) atoms. The maximum absolute atomic E-state index is 13.3. The molecule has 0 saturated carbocycles. The van der Waals surface area contributed by atoms with Gasteiger partial charge in [-0.3, -0.25) is 9.36 Å². The summed E-state index contributed by atoms with van der Waals surface area (Å²) in [4.78, 5) is 21.4. The zero-order valence-electron chi connectivity index (χ0n) is 17.6. The molecule has 4 aromatic rings. The number of fused-ring (bicyclic) bond motifs is 1. The number of ether oxygens (including phenoxy) is 1. The van der Waals surface area contributed by atoms with Gasteiger partial charge in [-0.1, -0.05) is 36.0 Å². The predicted molar refractivity (Wildman–Crippen MR) is 123 cm³/mol. The van der Waals surface area contributed by atoms with Crippen LogP contribution in [-0.4, -0.2) is 40.7 Å². The summed E-state index contributed by atoms with van der Waals surface area (Å²) in [5, 5.41) is 3.65. The number of nitrogens with one attached hydrogen (secondary N) is 1. The number of benzene rings is 2. The predicted octanol–water partition coefficient (Wildman–Crippen LogP) is 4.29. The van der Waals surface area contributed by atoms with Gasteiger partial charge in [0.1, 0.15) is 11.3 Å². The summed E-state index contributed by atoms with van der Waals surface area (Å²) in [5.74, 6) is 0.319. The topological polar surface area (TPSA) is 69.0 Å². The highest BCUT2D eigenvalue weighted by Crippen LogP contribution is 2.27. The highest BCUT2D eigenvalue weighted by atomic mass is 32.2. The Kier molecular flexibility index (Phi) is 7.14. The van der Waals surface area contributed by atoms with Gasteiger partial charge >= 0.3 is 0 Å². The van der Waals surface area contributed by atoms with Gasteiger partial charge in [0.25, 0.3) is 5.91 Å². The van der Waals surface area contributed by atoms with Crippen molar-refractivity contribution in [2.24, 2.45) is 0 Å². The van der Waals surface area contributed by atoms with E-state index in [1.54, 1.807) is 37.2 Å². The fourth-order valence-corrected chi connectivity index (χ4v) is 4.19. The molecule has 2 heterocycles. The van der Waals surface area contributed by atoms with Crippen LogP contribution in [0.3, 0.4) is 0 Å². The van der Waals surface area contributed by atoms with Gasteiger partial charge in [0.15, 0.2) is 10.8 Å². The first-order valence-electron chi connectivity index (χ1n) is 10.2. The lowest BCUT2D eigenvalue weighted by Gasteiger charge is -2.09. The van der Waals surface area contributed by atoms with Crippen LogP contribution in [0.5, 0.6) is 0 Å². The van der Waals surface area contributed by atoms with Crippen molar-refractivity contribution in [1.29, 1.82) is 0 Å². The van der Waals surface area contributed by atoms with E-state index in [0.29, 0.717) is 31.0 Å². The maximum Gasteiger partial charge on any atom is 0.251 e. The molecule has 6 nitrogen and oxygen atoms in total. The van der Waals surface area contributed by atoms with Crippen LogP contribution in [0.4, 0.5) is 4.39 Å². The van der Waals surface area contributed by atoms with E-state index in [2.05, 4.69) is 10.3 Å². The van der Waals surface area contributed by atoms with Crippen LogP contribution in [0, 0.1) is 5.82 Å². The SMILES string of the molecule is COCCNC(=O)c1ccc(CSc2nc3cccnc3n2Cc2ccc(F)cc2)cc1. The summed E-state index contributed by atoms with van der Waals surface area (Å²) >= 11 is 1.60. The summed E-state index contributed by atoms with van der Waals surface area (Å²) in [6, 6.07) is 17.8. The summed E-state index contributed by atoms with van der Waals surface area (Å²) in [6.45, 7) is 1.51. The van der Waals surface area contributed by atoms with E-state index >= 15 is 0 Å². The number of hydrogen-bond acceptors (Lipinski definition) is 5. The van der Waals surface area contributed by atoms with Crippen LogP contribution in [0.1, 0.15) is 21.5 Å². The van der Waals surface area contributed by atoms with Gasteiger partial charge in [-0.25, -0.2) is 14.4 Å². The lowest BCUT2D eigenvalue weighted by atomic mass is 10.1. The molecule has 0 spiro atoms. The Morgan fingerprint density at radius 1 is 1.09 bits per heavy atom. The minimum absolute atomic E-state index is 0.117. The van der Waals surface area contributed by atoms with E-state index < -0.39 is 0 Å². The summed E-state index contributed by atoms with van der Waals surface area (Å²) in [7, 11) is 1.60. The second-order valence-corrected chi connectivity index (χ2v) is 8.13. The Morgan fingerprint density at radius 2 is 1.84 bits per heavy atom. The number of carbonyl (C=O) groups excluding carboxylic acids is 1. The summed E-state index contributed by atoms with van der Waals surface area (Å²) < 4.78 is 20.3. The zero-order chi connectivity index (χ0) is 22.3. The Hall–Kier alpha value is -3.23. The first kappa shape index (κ1) is 22.0. The van der Waals surface area contributed by atoms with Gasteiger partial charge in [0, 0.05) is 31.2 Å². The van der Waals surface area contributed by atoms with Crippen LogP contribution in [0.25, 0.3) is 11.2 Å². The molecule has 0 fully saturated rings. The molecule has 1 amide bonds. The van der Waals surface area contributed by atoms with Gasteiger partial charge in [-0.05, 0) is 47.5 Å². The Balaban J connectivity index is 1.48. The molecule has 4 rings (SSSR count). The van der Waals surface area contributed by atoms with Gasteiger partial charge < -0.3 is 10.1 Å². The average Bonchev–Trinajstić information content (AvgIpc) is 3.17. The molecule has 0 bridgehead atoms. The zero-order valence-corrected chi connectivity index (χ0v) is 18.4. The number of amides is 1. The normalized spacial score (nSPS) is 11.1. The van der Waals surface area contributed by atoms with Crippen molar-refractivity contribution in [2.75, 3.05) is 20.3 Å². The largest absolute Gasteiger partial charge is 0.383 e. The first-order valence-corrected chi connectivity index (χ1v) is 11.2. The quantitative estimate of drug-likeness (QED) is 0.304. The van der Waals surface area contributed by atoms with Crippen LogP contribution < -0.4 is 5.32 Å². The monoisotopic (exact) mass is 450 g/mol. The molecule has 164 valence electrons. The van der Waals surface area contributed by atoms with E-state index in [9.17, 15) is 9.18 Å². The van der Waals surface area contributed by atoms with Gasteiger partial charge in [-0.2, -0.15) is 0 Å². The third kappa shape index (κ3) is 5.33. The highest BCUT2D eigenvalue weighted by Gasteiger charge is 2.13. The molecule has 0 aliphatic carbocycles. The third-order valence-electron chi connectivity index (χ3n) is 4.90. The molecule has 0 atom stereocenters. The van der Waals surface area contributed by atoms with Crippen LogP contribution >= 0.6 is 11.8 Å². The number of hydrogen-bond donors (Lipinski definition) is 1. The van der Waals surface area contributed by atoms with Crippen molar-refractivity contribution in [3.63, 3.8) is 0 Å². The van der Waals surface area contributed by atoms with E-state index in [1.165, 1.54) is 12.1 Å². The minimum atomic E-state index is -0.257. The molecule has 2 aromatic carbocycles. The van der Waals surface area contributed by atoms with E-state index in [1.807, 2.05) is 41.0 Å². The fourth-order valence-electron chi connectivity index (χ4n) is 3.23. The summed E-state index contributed by atoms with van der Waals surface area (Å²) in [5.41, 5.74) is 4.28. The molecule has 0 saturated heterocycles. The molecule has 0 aliphatic rings. The number of rotatable bonds is 9. The van der Waals surface area contributed by atoms with Crippen molar-refractivity contribution in [1.82, 2.24) is 19.9 Å². The van der Waals surface area contributed by atoms with Crippen molar-refractivity contribution in [3.05, 3.63) is 89.4 Å². The van der Waals surface area contributed by atoms with E-state index in [-0.39, 0.29) is 11.7 Å². The molecule has 8 heteroatoms. The summed E-state index contributed by atoms with van der Waals surface area (Å²) in [6.07, 6.45) is 1.75. The number of pyridine rings is 1. The number of carbonyl (C=O) groups is 1. The lowest BCUT2D eigenvalue weighted by molar-refractivity contribution is 0.0937. The number of methoxy groups -OCH3 is 1. The minimum Gasteiger partial charge on any atom is -0.383 e. The number of halogens is 1. The van der Waals surface area contributed by atoms with Crippen LogP contribution in [0.15, 0.2) is 72.0 Å². The average molecular weight is 451 g/mol. The smallest absolute Gasteiger partial charge is 0.251 e. The molecular weight excluding hydrogens is 427 g/mol. The molecule has 0 unspecified atom stereocenters. The van der Waals surface area contributed by atoms with E-state index in [4.69, 9.17) is 9.72 Å². The Morgan fingerprint density at radius 3 is 2.59 bits per heavy atom. The number of thioether (sulfide) groups is 1. The van der Waals surface area contributed by atoms with Crippen molar-refractivity contribution < 1.29 is 13.9 Å². The highest BCUT2D eigenvalue weighted by molar-refractivity contribution is 7.98. The third-order valence-corrected chi connectivity index (χ3v) is 5.95. The Bertz CT molecular complexity index is 1190. The lowest BCUT2D eigenvalue weighted by Crippen LogP contribution is -2.26. The van der Waals surface area contributed by atoms with Gasteiger partial charge in [0.05, 0.1) is 13.2 Å². The number of aromatic nitrogens is 3. The number of imidazole rings is 1. The second-order valence-electron chi connectivity index (χ2n) is 7.19. The van der Waals surface area contributed by atoms with Crippen molar-refractivity contribution in [2.45, 2.75) is 17.5 Å². The molecule has 1 N–H and O–H groups in total. The van der Waals surface area contributed by atoms with Gasteiger partial charge in [-0.15, -0.1) is 0 Å². The van der Waals surface area contributed by atoms with Crippen LogP contribution in [-0.2, 0) is 17.0 Å². The molecule has 0 radical (unpaired) electrons.